The lowest BCUT2D eigenvalue weighted by atomic mass is 10.0. The van der Waals surface area contributed by atoms with E-state index in [9.17, 15) is 5.26 Å². The maximum absolute atomic E-state index is 9.56. The standard InChI is InChI=1S/C18H20N4O2/c1-13-20-17(16(12-19)18(21-13)24-11-10-23)22-8-6-14-4-2-3-5-15(14)7-9-22/h2-5,23H,6-11H2,1H3. The minimum Gasteiger partial charge on any atom is -0.474 e. The molecule has 0 fully saturated rings. The van der Waals surface area contributed by atoms with Gasteiger partial charge in [-0.15, -0.1) is 0 Å². The summed E-state index contributed by atoms with van der Waals surface area (Å²) >= 11 is 0. The predicted molar refractivity (Wildman–Crippen MR) is 90.1 cm³/mol. The summed E-state index contributed by atoms with van der Waals surface area (Å²) in [6.45, 7) is 3.35. The highest BCUT2D eigenvalue weighted by atomic mass is 16.5. The smallest absolute Gasteiger partial charge is 0.237 e. The van der Waals surface area contributed by atoms with Crippen molar-refractivity contribution in [2.24, 2.45) is 0 Å². The molecule has 2 aromatic rings. The number of nitrogens with zero attached hydrogens (tertiary/aromatic N) is 4. The number of rotatable bonds is 4. The van der Waals surface area contributed by atoms with Gasteiger partial charge in [0.05, 0.1) is 6.61 Å². The van der Waals surface area contributed by atoms with Gasteiger partial charge in [0.25, 0.3) is 0 Å². The zero-order valence-corrected chi connectivity index (χ0v) is 13.7. The number of aliphatic hydroxyl groups is 1. The van der Waals surface area contributed by atoms with E-state index in [-0.39, 0.29) is 19.1 Å². The molecular formula is C18H20N4O2. The second-order valence-corrected chi connectivity index (χ2v) is 5.71. The average Bonchev–Trinajstić information content (AvgIpc) is 2.82. The number of anilines is 1. The van der Waals surface area contributed by atoms with Gasteiger partial charge in [-0.25, -0.2) is 4.98 Å². The average molecular weight is 324 g/mol. The van der Waals surface area contributed by atoms with Crippen molar-refractivity contribution in [3.8, 4) is 11.9 Å². The second-order valence-electron chi connectivity index (χ2n) is 5.71. The number of hydrogen-bond donors (Lipinski definition) is 1. The first kappa shape index (κ1) is 16.2. The predicted octanol–water partition coefficient (Wildman–Crippen LogP) is 1.63. The van der Waals surface area contributed by atoms with Gasteiger partial charge in [0.2, 0.25) is 5.88 Å². The van der Waals surface area contributed by atoms with Gasteiger partial charge in [-0.2, -0.15) is 10.2 Å². The van der Waals surface area contributed by atoms with Crippen LogP contribution in [-0.4, -0.2) is 41.4 Å². The Bertz CT molecular complexity index is 743. The van der Waals surface area contributed by atoms with Gasteiger partial charge in [-0.05, 0) is 30.9 Å². The van der Waals surface area contributed by atoms with Crippen molar-refractivity contribution >= 4 is 5.82 Å². The van der Waals surface area contributed by atoms with Crippen LogP contribution in [0.5, 0.6) is 5.88 Å². The molecule has 0 atom stereocenters. The molecule has 124 valence electrons. The van der Waals surface area contributed by atoms with E-state index >= 15 is 0 Å². The van der Waals surface area contributed by atoms with E-state index in [1.165, 1.54) is 11.1 Å². The lowest BCUT2D eigenvalue weighted by Gasteiger charge is -2.23. The number of hydrogen-bond acceptors (Lipinski definition) is 6. The van der Waals surface area contributed by atoms with E-state index in [0.29, 0.717) is 17.2 Å². The van der Waals surface area contributed by atoms with Crippen LogP contribution in [0.2, 0.25) is 0 Å². The van der Waals surface area contributed by atoms with Crippen molar-refractivity contribution in [1.82, 2.24) is 9.97 Å². The monoisotopic (exact) mass is 324 g/mol. The van der Waals surface area contributed by atoms with E-state index in [1.54, 1.807) is 6.92 Å². The van der Waals surface area contributed by atoms with Gasteiger partial charge in [0, 0.05) is 13.1 Å². The summed E-state index contributed by atoms with van der Waals surface area (Å²) in [5.41, 5.74) is 3.03. The Balaban J connectivity index is 1.92. The lowest BCUT2D eigenvalue weighted by Crippen LogP contribution is -2.28. The van der Waals surface area contributed by atoms with Crippen LogP contribution in [0.25, 0.3) is 0 Å². The fourth-order valence-corrected chi connectivity index (χ4v) is 2.99. The normalized spacial score (nSPS) is 13.8. The molecule has 6 nitrogen and oxygen atoms in total. The number of fused-ring (bicyclic) bond motifs is 1. The summed E-state index contributed by atoms with van der Waals surface area (Å²) in [5, 5.41) is 18.5. The Kier molecular flexibility index (Phi) is 4.92. The van der Waals surface area contributed by atoms with E-state index in [0.717, 1.165) is 25.9 Å². The van der Waals surface area contributed by atoms with E-state index in [4.69, 9.17) is 9.84 Å². The molecular weight excluding hydrogens is 304 g/mol. The van der Waals surface area contributed by atoms with Crippen LogP contribution < -0.4 is 9.64 Å². The van der Waals surface area contributed by atoms with E-state index in [1.807, 2.05) is 0 Å². The molecule has 0 unspecified atom stereocenters. The molecule has 24 heavy (non-hydrogen) atoms. The van der Waals surface area contributed by atoms with Crippen LogP contribution in [-0.2, 0) is 12.8 Å². The third-order valence-corrected chi connectivity index (χ3v) is 4.13. The molecule has 0 saturated carbocycles. The Morgan fingerprint density at radius 1 is 1.21 bits per heavy atom. The summed E-state index contributed by atoms with van der Waals surface area (Å²) in [7, 11) is 0. The number of nitriles is 1. The van der Waals surface area contributed by atoms with Crippen molar-refractivity contribution in [2.75, 3.05) is 31.2 Å². The minimum atomic E-state index is -0.123. The molecule has 0 radical (unpaired) electrons. The largest absolute Gasteiger partial charge is 0.474 e. The minimum absolute atomic E-state index is 0.107. The summed E-state index contributed by atoms with van der Waals surface area (Å²) in [5.74, 6) is 1.42. The molecule has 6 heteroatoms. The van der Waals surface area contributed by atoms with Crippen LogP contribution in [0.4, 0.5) is 5.82 Å². The Morgan fingerprint density at radius 2 is 1.88 bits per heavy atom. The fourth-order valence-electron chi connectivity index (χ4n) is 2.99. The zero-order chi connectivity index (χ0) is 16.9. The number of aromatic nitrogens is 2. The third kappa shape index (κ3) is 3.31. The van der Waals surface area contributed by atoms with Gasteiger partial charge >= 0.3 is 0 Å². The van der Waals surface area contributed by atoms with Crippen molar-refractivity contribution in [1.29, 1.82) is 5.26 Å². The van der Waals surface area contributed by atoms with Crippen LogP contribution in [0.1, 0.15) is 22.5 Å². The molecule has 2 heterocycles. The Hall–Kier alpha value is -2.65. The van der Waals surface area contributed by atoms with E-state index < -0.39 is 0 Å². The Labute approximate surface area is 141 Å². The first-order valence-corrected chi connectivity index (χ1v) is 8.07. The quantitative estimate of drug-likeness (QED) is 0.920. The van der Waals surface area contributed by atoms with Crippen LogP contribution in [0, 0.1) is 18.3 Å². The summed E-state index contributed by atoms with van der Waals surface area (Å²) < 4.78 is 5.43. The van der Waals surface area contributed by atoms with Gasteiger partial charge in [-0.3, -0.25) is 0 Å². The molecule has 0 amide bonds. The van der Waals surface area contributed by atoms with Crippen molar-refractivity contribution < 1.29 is 9.84 Å². The third-order valence-electron chi connectivity index (χ3n) is 4.13. The summed E-state index contributed by atoms with van der Waals surface area (Å²) in [4.78, 5) is 10.8. The highest BCUT2D eigenvalue weighted by molar-refractivity contribution is 5.59. The zero-order valence-electron chi connectivity index (χ0n) is 13.7. The van der Waals surface area contributed by atoms with Crippen LogP contribution in [0.15, 0.2) is 24.3 Å². The van der Waals surface area contributed by atoms with Gasteiger partial charge < -0.3 is 14.7 Å². The molecule has 0 aliphatic carbocycles. The first-order valence-electron chi connectivity index (χ1n) is 8.07. The SMILES string of the molecule is Cc1nc(OCCO)c(C#N)c(N2CCc3ccccc3CC2)n1. The molecule has 1 aromatic carbocycles. The summed E-state index contributed by atoms with van der Waals surface area (Å²) in [6.07, 6.45) is 1.83. The molecule has 3 rings (SSSR count). The maximum atomic E-state index is 9.56. The molecule has 0 spiro atoms. The second kappa shape index (κ2) is 7.28. The van der Waals surface area contributed by atoms with Crippen molar-refractivity contribution in [2.45, 2.75) is 19.8 Å². The topological polar surface area (TPSA) is 82.3 Å². The van der Waals surface area contributed by atoms with Gasteiger partial charge in [0.15, 0.2) is 11.4 Å². The Morgan fingerprint density at radius 3 is 2.46 bits per heavy atom. The first-order chi connectivity index (χ1) is 11.7. The highest BCUT2D eigenvalue weighted by Gasteiger charge is 2.22. The number of ether oxygens (including phenoxy) is 1. The van der Waals surface area contributed by atoms with Crippen molar-refractivity contribution in [3.05, 3.63) is 46.8 Å². The van der Waals surface area contributed by atoms with Gasteiger partial charge in [0.1, 0.15) is 18.5 Å². The maximum Gasteiger partial charge on any atom is 0.237 e. The van der Waals surface area contributed by atoms with Crippen LogP contribution >= 0.6 is 0 Å². The molecule has 1 aromatic heterocycles. The van der Waals surface area contributed by atoms with Crippen LogP contribution in [0.3, 0.4) is 0 Å². The molecule has 1 aliphatic rings. The van der Waals surface area contributed by atoms with Crippen molar-refractivity contribution in [3.63, 3.8) is 0 Å². The molecule has 0 bridgehead atoms. The molecule has 1 N–H and O–H groups in total. The number of aryl methyl sites for hydroxylation is 1. The number of aliphatic hydroxyl groups excluding tert-OH is 1. The highest BCUT2D eigenvalue weighted by Crippen LogP contribution is 2.27. The summed E-state index contributed by atoms with van der Waals surface area (Å²) in [6, 6.07) is 10.6. The lowest BCUT2D eigenvalue weighted by molar-refractivity contribution is 0.196. The van der Waals surface area contributed by atoms with Gasteiger partial charge in [-0.1, -0.05) is 24.3 Å². The number of benzene rings is 1. The molecule has 1 aliphatic heterocycles. The molecule has 0 saturated heterocycles. The van der Waals surface area contributed by atoms with E-state index in [2.05, 4.69) is 45.2 Å². The fraction of sp³-hybridized carbons (Fsp3) is 0.389.